The molecule has 2 rings (SSSR count). The lowest BCUT2D eigenvalue weighted by Gasteiger charge is -2.32. The Morgan fingerprint density at radius 2 is 1.76 bits per heavy atom. The van der Waals surface area contributed by atoms with Crippen LogP contribution in [0.2, 0.25) is 0 Å². The topological polar surface area (TPSA) is 43.4 Å². The van der Waals surface area contributed by atoms with Crippen molar-refractivity contribution < 1.29 is 9.31 Å². The molecular formula is C11H16BIN2O2. The minimum absolute atomic E-state index is 0.314. The summed E-state index contributed by atoms with van der Waals surface area (Å²) in [5.41, 5.74) is 1.25. The number of nitrogens with one attached hydrogen (secondary N) is 1. The summed E-state index contributed by atoms with van der Waals surface area (Å²) in [6, 6.07) is 1.99. The summed E-state index contributed by atoms with van der Waals surface area (Å²) in [7, 11) is -0.350. The Balaban J connectivity index is 2.25. The Morgan fingerprint density at radius 3 is 2.29 bits per heavy atom. The van der Waals surface area contributed by atoms with Crippen LogP contribution in [0.1, 0.15) is 27.7 Å². The Hall–Kier alpha value is -0.335. The van der Waals surface area contributed by atoms with Crippen molar-refractivity contribution in [3.05, 3.63) is 18.5 Å². The smallest absolute Gasteiger partial charge is 0.399 e. The fourth-order valence-corrected chi connectivity index (χ4v) is 1.91. The van der Waals surface area contributed by atoms with Crippen molar-refractivity contribution in [2.45, 2.75) is 38.9 Å². The third-order valence-corrected chi connectivity index (χ3v) is 4.02. The molecule has 0 aliphatic carbocycles. The minimum Gasteiger partial charge on any atom is -0.399 e. The van der Waals surface area contributed by atoms with Gasteiger partial charge in [0.05, 0.1) is 46.0 Å². The molecule has 1 aliphatic heterocycles. The first kappa shape index (κ1) is 13.1. The molecule has 92 valence electrons. The van der Waals surface area contributed by atoms with Crippen LogP contribution in [0.3, 0.4) is 0 Å². The average Bonchev–Trinajstić information content (AvgIpc) is 2.48. The Bertz CT molecular complexity index is 410. The number of aromatic nitrogens is 1. The van der Waals surface area contributed by atoms with Gasteiger partial charge in [-0.25, -0.2) is 0 Å². The van der Waals surface area contributed by atoms with E-state index in [2.05, 4.69) is 31.4 Å². The van der Waals surface area contributed by atoms with E-state index in [9.17, 15) is 0 Å². The highest BCUT2D eigenvalue weighted by molar-refractivity contribution is 14.1. The third kappa shape index (κ3) is 2.43. The number of pyridine rings is 1. The summed E-state index contributed by atoms with van der Waals surface area (Å²) in [6.07, 6.45) is 3.54. The largest absolute Gasteiger partial charge is 0.496 e. The van der Waals surface area contributed by atoms with Crippen LogP contribution in [-0.4, -0.2) is 23.3 Å². The van der Waals surface area contributed by atoms with Crippen LogP contribution in [0.5, 0.6) is 0 Å². The van der Waals surface area contributed by atoms with Crippen LogP contribution in [0.25, 0.3) is 0 Å². The standard InChI is InChI=1S/C11H16BIN2O2/c1-10(2)11(3,4)17-12(16-10)8-5-9(15-13)7-14-6-8/h5-7,15H,1-4H3. The summed E-state index contributed by atoms with van der Waals surface area (Å²) < 4.78 is 14.9. The molecular weight excluding hydrogens is 330 g/mol. The second-order valence-electron chi connectivity index (χ2n) is 5.19. The van der Waals surface area contributed by atoms with Gasteiger partial charge in [0.25, 0.3) is 0 Å². The molecule has 1 fully saturated rings. The first-order valence-corrected chi connectivity index (χ1v) is 6.61. The maximum atomic E-state index is 5.96. The SMILES string of the molecule is CC1(C)OB(c2cncc(NI)c2)OC1(C)C. The van der Waals surface area contributed by atoms with Gasteiger partial charge in [0.2, 0.25) is 0 Å². The molecule has 1 aromatic rings. The molecule has 0 aromatic carbocycles. The number of hydrogen-bond donors (Lipinski definition) is 1. The maximum Gasteiger partial charge on any atom is 0.496 e. The molecule has 0 bridgehead atoms. The van der Waals surface area contributed by atoms with E-state index in [1.165, 1.54) is 0 Å². The van der Waals surface area contributed by atoms with Crippen LogP contribution in [-0.2, 0) is 9.31 Å². The van der Waals surface area contributed by atoms with Crippen LogP contribution in [0.4, 0.5) is 5.69 Å². The minimum atomic E-state index is -0.350. The third-order valence-electron chi connectivity index (χ3n) is 3.39. The number of halogens is 1. The zero-order chi connectivity index (χ0) is 12.7. The van der Waals surface area contributed by atoms with E-state index in [0.717, 1.165) is 11.2 Å². The van der Waals surface area contributed by atoms with Crippen molar-refractivity contribution in [2.75, 3.05) is 3.53 Å². The van der Waals surface area contributed by atoms with E-state index in [0.29, 0.717) is 0 Å². The molecule has 0 radical (unpaired) electrons. The van der Waals surface area contributed by atoms with E-state index in [4.69, 9.17) is 9.31 Å². The van der Waals surface area contributed by atoms with E-state index < -0.39 is 0 Å². The van der Waals surface area contributed by atoms with Crippen molar-refractivity contribution in [1.29, 1.82) is 0 Å². The summed E-state index contributed by atoms with van der Waals surface area (Å²) in [5.74, 6) is 0. The van der Waals surface area contributed by atoms with Crippen molar-refractivity contribution in [2.24, 2.45) is 0 Å². The molecule has 6 heteroatoms. The Kier molecular flexibility index (Phi) is 3.39. The molecule has 17 heavy (non-hydrogen) atoms. The Morgan fingerprint density at radius 1 is 1.18 bits per heavy atom. The van der Waals surface area contributed by atoms with Gasteiger partial charge in [-0.05, 0) is 33.8 Å². The van der Waals surface area contributed by atoms with Gasteiger partial charge in [-0.3, -0.25) is 4.98 Å². The van der Waals surface area contributed by atoms with Gasteiger partial charge >= 0.3 is 7.12 Å². The highest BCUT2D eigenvalue weighted by atomic mass is 127. The van der Waals surface area contributed by atoms with Crippen LogP contribution in [0, 0.1) is 0 Å². The number of anilines is 1. The first-order valence-electron chi connectivity index (χ1n) is 5.53. The summed E-state index contributed by atoms with van der Waals surface area (Å²) in [4.78, 5) is 4.17. The molecule has 1 aromatic heterocycles. The maximum absolute atomic E-state index is 5.96. The fourth-order valence-electron chi connectivity index (χ4n) is 1.62. The number of nitrogens with zero attached hydrogens (tertiary/aromatic N) is 1. The van der Waals surface area contributed by atoms with Crippen molar-refractivity contribution >= 4 is 41.1 Å². The molecule has 0 unspecified atom stereocenters. The second-order valence-corrected chi connectivity index (χ2v) is 5.73. The van der Waals surface area contributed by atoms with Gasteiger partial charge < -0.3 is 12.8 Å². The number of hydrogen-bond acceptors (Lipinski definition) is 4. The molecule has 1 aliphatic rings. The van der Waals surface area contributed by atoms with Gasteiger partial charge in [0.1, 0.15) is 0 Å². The van der Waals surface area contributed by atoms with Gasteiger partial charge in [-0.2, -0.15) is 0 Å². The Labute approximate surface area is 116 Å². The molecule has 1 N–H and O–H groups in total. The van der Waals surface area contributed by atoms with Gasteiger partial charge in [-0.1, -0.05) is 0 Å². The summed E-state index contributed by atoms with van der Waals surface area (Å²) in [5, 5.41) is 0. The van der Waals surface area contributed by atoms with E-state index in [1.807, 2.05) is 33.8 Å². The first-order chi connectivity index (χ1) is 7.86. The van der Waals surface area contributed by atoms with E-state index in [1.54, 1.807) is 12.4 Å². The zero-order valence-corrected chi connectivity index (χ0v) is 12.6. The summed E-state index contributed by atoms with van der Waals surface area (Å²) >= 11 is 2.08. The fraction of sp³-hybridized carbons (Fsp3) is 0.545. The highest BCUT2D eigenvalue weighted by Gasteiger charge is 2.51. The highest BCUT2D eigenvalue weighted by Crippen LogP contribution is 2.36. The van der Waals surface area contributed by atoms with Crippen LogP contribution < -0.4 is 8.99 Å². The van der Waals surface area contributed by atoms with Crippen molar-refractivity contribution in [3.8, 4) is 0 Å². The van der Waals surface area contributed by atoms with Crippen molar-refractivity contribution in [1.82, 2.24) is 4.98 Å². The molecule has 1 saturated heterocycles. The molecule has 0 saturated carbocycles. The molecule has 2 heterocycles. The molecule has 0 atom stereocenters. The average molecular weight is 346 g/mol. The summed E-state index contributed by atoms with van der Waals surface area (Å²) in [6.45, 7) is 8.17. The quantitative estimate of drug-likeness (QED) is 0.506. The van der Waals surface area contributed by atoms with Gasteiger partial charge in [0.15, 0.2) is 0 Å². The lowest BCUT2D eigenvalue weighted by molar-refractivity contribution is 0.00578. The normalized spacial score (nSPS) is 21.6. The molecule has 0 amide bonds. The van der Waals surface area contributed by atoms with E-state index in [-0.39, 0.29) is 18.3 Å². The lowest BCUT2D eigenvalue weighted by Crippen LogP contribution is -2.41. The van der Waals surface area contributed by atoms with Crippen LogP contribution in [0.15, 0.2) is 18.5 Å². The van der Waals surface area contributed by atoms with Crippen molar-refractivity contribution in [3.63, 3.8) is 0 Å². The second kappa shape index (κ2) is 4.40. The predicted molar refractivity (Wildman–Crippen MR) is 77.6 cm³/mol. The van der Waals surface area contributed by atoms with Gasteiger partial charge in [-0.15, -0.1) is 0 Å². The number of rotatable bonds is 2. The van der Waals surface area contributed by atoms with E-state index >= 15 is 0 Å². The van der Waals surface area contributed by atoms with Gasteiger partial charge in [0, 0.05) is 11.7 Å². The lowest BCUT2D eigenvalue weighted by atomic mass is 9.80. The van der Waals surface area contributed by atoms with Crippen LogP contribution >= 0.6 is 22.9 Å². The predicted octanol–water partition coefficient (Wildman–Crippen LogP) is 2.14. The molecule has 4 nitrogen and oxygen atoms in total. The molecule has 0 spiro atoms. The zero-order valence-electron chi connectivity index (χ0n) is 10.5. The monoisotopic (exact) mass is 346 g/mol.